The van der Waals surface area contributed by atoms with Gasteiger partial charge in [0.25, 0.3) is 0 Å². The summed E-state index contributed by atoms with van der Waals surface area (Å²) in [6.07, 6.45) is 11.8. The van der Waals surface area contributed by atoms with Gasteiger partial charge in [0.15, 0.2) is 5.96 Å². The van der Waals surface area contributed by atoms with Gasteiger partial charge in [0.2, 0.25) is 0 Å². The Morgan fingerprint density at radius 2 is 2.20 bits per heavy atom. The van der Waals surface area contributed by atoms with Crippen LogP contribution in [0.15, 0.2) is 40.0 Å². The minimum absolute atomic E-state index is 0. The van der Waals surface area contributed by atoms with E-state index < -0.39 is 0 Å². The summed E-state index contributed by atoms with van der Waals surface area (Å²) in [6.45, 7) is 6.30. The number of likely N-dealkylation sites (tertiary alicyclic amines) is 1. The molecule has 2 N–H and O–H groups in total. The van der Waals surface area contributed by atoms with Crippen molar-refractivity contribution < 1.29 is 4.42 Å². The number of hydrogen-bond donors (Lipinski definition) is 2. The van der Waals surface area contributed by atoms with Gasteiger partial charge in [-0.2, -0.15) is 0 Å². The van der Waals surface area contributed by atoms with Crippen molar-refractivity contribution in [2.24, 2.45) is 4.99 Å². The van der Waals surface area contributed by atoms with Crippen molar-refractivity contribution in [2.45, 2.75) is 51.1 Å². The topological polar surface area (TPSA) is 52.8 Å². The third-order valence-electron chi connectivity index (χ3n) is 4.96. The van der Waals surface area contributed by atoms with E-state index in [2.05, 4.69) is 34.6 Å². The van der Waals surface area contributed by atoms with Gasteiger partial charge in [-0.15, -0.1) is 24.0 Å². The molecular weight excluding hydrogens is 427 g/mol. The standard InChI is InChI=1S/C19H30N4O.HI/c1-2-23-13-5-9-17(23)15-21-19(22-16-7-3-4-8-16)20-12-11-18-10-6-14-24-18;/h3-4,6,10,14,16-17H,2,5,7-9,11-13,15H2,1H3,(H2,20,21,22);1H. The number of hydrogen-bond acceptors (Lipinski definition) is 3. The van der Waals surface area contributed by atoms with Gasteiger partial charge in [0.1, 0.15) is 5.76 Å². The molecule has 1 aliphatic heterocycles. The van der Waals surface area contributed by atoms with Crippen LogP contribution in [0.2, 0.25) is 0 Å². The van der Waals surface area contributed by atoms with E-state index in [0.29, 0.717) is 12.1 Å². The zero-order valence-corrected chi connectivity index (χ0v) is 17.4. The summed E-state index contributed by atoms with van der Waals surface area (Å²) in [5, 5.41) is 7.05. The lowest BCUT2D eigenvalue weighted by Gasteiger charge is -2.22. The van der Waals surface area contributed by atoms with Crippen LogP contribution in [0, 0.1) is 0 Å². The van der Waals surface area contributed by atoms with E-state index >= 15 is 0 Å². The van der Waals surface area contributed by atoms with Crippen LogP contribution in [0.3, 0.4) is 0 Å². The molecule has 2 aliphatic rings. The Hall–Kier alpha value is -1.02. The normalized spacial score (nSPS) is 21.5. The predicted octanol–water partition coefficient (Wildman–Crippen LogP) is 3.18. The molecule has 1 aromatic rings. The maximum Gasteiger partial charge on any atom is 0.191 e. The first kappa shape index (κ1) is 20.3. The van der Waals surface area contributed by atoms with Crippen molar-refractivity contribution in [2.75, 3.05) is 26.2 Å². The number of nitrogens with zero attached hydrogens (tertiary/aromatic N) is 2. The smallest absolute Gasteiger partial charge is 0.191 e. The third-order valence-corrected chi connectivity index (χ3v) is 4.96. The number of aliphatic imine (C=N–C) groups is 1. The molecule has 5 nitrogen and oxygen atoms in total. The highest BCUT2D eigenvalue weighted by molar-refractivity contribution is 14.0. The Morgan fingerprint density at radius 1 is 1.36 bits per heavy atom. The molecule has 25 heavy (non-hydrogen) atoms. The number of nitrogens with one attached hydrogen (secondary N) is 2. The van der Waals surface area contributed by atoms with Crippen molar-refractivity contribution >= 4 is 29.9 Å². The summed E-state index contributed by atoms with van der Waals surface area (Å²) in [4.78, 5) is 7.42. The lowest BCUT2D eigenvalue weighted by Crippen LogP contribution is -2.44. The van der Waals surface area contributed by atoms with Crippen LogP contribution >= 0.6 is 24.0 Å². The zero-order chi connectivity index (χ0) is 16.6. The van der Waals surface area contributed by atoms with Gasteiger partial charge in [0.05, 0.1) is 12.8 Å². The second-order valence-corrected chi connectivity index (χ2v) is 6.65. The number of rotatable bonds is 7. The van der Waals surface area contributed by atoms with E-state index in [0.717, 1.165) is 50.6 Å². The predicted molar refractivity (Wildman–Crippen MR) is 114 cm³/mol. The molecule has 0 amide bonds. The molecule has 0 bridgehead atoms. The fourth-order valence-electron chi connectivity index (χ4n) is 3.55. The average Bonchev–Trinajstić information content (AvgIpc) is 3.34. The minimum Gasteiger partial charge on any atom is -0.469 e. The number of guanidine groups is 1. The first-order valence-electron chi connectivity index (χ1n) is 9.31. The number of likely N-dealkylation sites (N-methyl/N-ethyl adjacent to an activating group) is 1. The highest BCUT2D eigenvalue weighted by Gasteiger charge is 2.22. The van der Waals surface area contributed by atoms with Crippen molar-refractivity contribution in [3.63, 3.8) is 0 Å². The summed E-state index contributed by atoms with van der Waals surface area (Å²) < 4.78 is 5.40. The van der Waals surface area contributed by atoms with E-state index in [1.165, 1.54) is 19.4 Å². The van der Waals surface area contributed by atoms with Crippen LogP contribution in [0.5, 0.6) is 0 Å². The van der Waals surface area contributed by atoms with Gasteiger partial charge in [-0.3, -0.25) is 9.89 Å². The molecule has 0 aromatic carbocycles. The maximum absolute atomic E-state index is 5.40. The second kappa shape index (κ2) is 10.9. The van der Waals surface area contributed by atoms with Crippen LogP contribution in [-0.2, 0) is 6.42 Å². The van der Waals surface area contributed by atoms with Gasteiger partial charge >= 0.3 is 0 Å². The van der Waals surface area contributed by atoms with E-state index in [1.807, 2.05) is 12.1 Å². The van der Waals surface area contributed by atoms with Gasteiger partial charge in [0, 0.05) is 25.0 Å². The molecule has 3 rings (SSSR count). The first-order chi connectivity index (χ1) is 11.8. The van der Waals surface area contributed by atoms with E-state index in [1.54, 1.807) is 6.26 Å². The van der Waals surface area contributed by atoms with E-state index in [9.17, 15) is 0 Å². The van der Waals surface area contributed by atoms with Gasteiger partial charge < -0.3 is 15.1 Å². The SMILES string of the molecule is CCN1CCCC1CN=C(NCCc1ccco1)NC1CC=CC1.I. The molecule has 1 unspecified atom stereocenters. The van der Waals surface area contributed by atoms with E-state index in [4.69, 9.17) is 9.41 Å². The molecular formula is C19H31IN4O. The first-order valence-corrected chi connectivity index (χ1v) is 9.31. The largest absolute Gasteiger partial charge is 0.469 e. The summed E-state index contributed by atoms with van der Waals surface area (Å²) in [7, 11) is 0. The summed E-state index contributed by atoms with van der Waals surface area (Å²) in [6, 6.07) is 5.03. The van der Waals surface area contributed by atoms with Crippen molar-refractivity contribution in [3.05, 3.63) is 36.3 Å². The quantitative estimate of drug-likeness (QED) is 0.285. The van der Waals surface area contributed by atoms with E-state index in [-0.39, 0.29) is 24.0 Å². The molecule has 0 saturated carbocycles. The summed E-state index contributed by atoms with van der Waals surface area (Å²) in [5.74, 6) is 1.95. The average molecular weight is 458 g/mol. The number of halogens is 1. The summed E-state index contributed by atoms with van der Waals surface area (Å²) in [5.41, 5.74) is 0. The van der Waals surface area contributed by atoms with Crippen LogP contribution in [0.25, 0.3) is 0 Å². The van der Waals surface area contributed by atoms with Crippen LogP contribution < -0.4 is 10.6 Å². The lowest BCUT2D eigenvalue weighted by molar-refractivity contribution is 0.273. The Kier molecular flexibility index (Phi) is 8.81. The highest BCUT2D eigenvalue weighted by atomic mass is 127. The Morgan fingerprint density at radius 3 is 2.92 bits per heavy atom. The van der Waals surface area contributed by atoms with Crippen LogP contribution in [-0.4, -0.2) is 49.1 Å². The molecule has 1 saturated heterocycles. The Bertz CT molecular complexity index is 536. The van der Waals surface area contributed by atoms with Gasteiger partial charge in [-0.05, 0) is 50.9 Å². The molecule has 140 valence electrons. The van der Waals surface area contributed by atoms with Gasteiger partial charge in [-0.25, -0.2) is 0 Å². The lowest BCUT2D eigenvalue weighted by atomic mass is 10.2. The van der Waals surface area contributed by atoms with Crippen LogP contribution in [0.1, 0.15) is 38.4 Å². The molecule has 6 heteroatoms. The Labute approximate surface area is 168 Å². The van der Waals surface area contributed by atoms with Crippen molar-refractivity contribution in [1.29, 1.82) is 0 Å². The third kappa shape index (κ3) is 6.33. The fourth-order valence-corrected chi connectivity index (χ4v) is 3.55. The van der Waals surface area contributed by atoms with Gasteiger partial charge in [-0.1, -0.05) is 19.1 Å². The zero-order valence-electron chi connectivity index (χ0n) is 15.1. The fraction of sp³-hybridized carbons (Fsp3) is 0.632. The molecule has 1 fully saturated rings. The van der Waals surface area contributed by atoms with Crippen LogP contribution in [0.4, 0.5) is 0 Å². The molecule has 1 aromatic heterocycles. The second-order valence-electron chi connectivity index (χ2n) is 6.65. The summed E-state index contributed by atoms with van der Waals surface area (Å²) >= 11 is 0. The molecule has 1 atom stereocenters. The molecule has 2 heterocycles. The molecule has 0 radical (unpaired) electrons. The monoisotopic (exact) mass is 458 g/mol. The maximum atomic E-state index is 5.40. The number of furan rings is 1. The molecule has 0 spiro atoms. The molecule has 1 aliphatic carbocycles. The van der Waals surface area contributed by atoms with Crippen molar-refractivity contribution in [3.8, 4) is 0 Å². The Balaban J connectivity index is 0.00000225. The minimum atomic E-state index is 0. The van der Waals surface area contributed by atoms with Crippen molar-refractivity contribution in [1.82, 2.24) is 15.5 Å². The highest BCUT2D eigenvalue weighted by Crippen LogP contribution is 2.16.